The highest BCUT2D eigenvalue weighted by Crippen LogP contribution is 2.11. The van der Waals surface area contributed by atoms with E-state index in [0.717, 1.165) is 31.9 Å². The SMILES string of the molecule is CC(C)(C)OC(=O)NCCCC(=O)NCc1cccc(NC(=O)CCN2CCOCC2)c1. The van der Waals surface area contributed by atoms with Crippen molar-refractivity contribution >= 4 is 23.6 Å². The van der Waals surface area contributed by atoms with Gasteiger partial charge >= 0.3 is 6.09 Å². The molecule has 0 atom stereocenters. The summed E-state index contributed by atoms with van der Waals surface area (Å²) in [5, 5.41) is 8.41. The van der Waals surface area contributed by atoms with E-state index in [-0.39, 0.29) is 11.8 Å². The summed E-state index contributed by atoms with van der Waals surface area (Å²) in [5.41, 5.74) is 1.07. The molecule has 1 aromatic rings. The van der Waals surface area contributed by atoms with E-state index in [4.69, 9.17) is 9.47 Å². The molecule has 2 rings (SSSR count). The van der Waals surface area contributed by atoms with Gasteiger partial charge in [0.25, 0.3) is 0 Å². The molecule has 9 heteroatoms. The van der Waals surface area contributed by atoms with Gasteiger partial charge in [0.1, 0.15) is 5.60 Å². The van der Waals surface area contributed by atoms with Crippen molar-refractivity contribution in [2.24, 2.45) is 0 Å². The molecule has 1 saturated heterocycles. The number of carbonyl (C=O) groups is 3. The summed E-state index contributed by atoms with van der Waals surface area (Å²) >= 11 is 0. The maximum absolute atomic E-state index is 12.2. The third-order valence-corrected chi connectivity index (χ3v) is 4.71. The highest BCUT2D eigenvalue weighted by atomic mass is 16.6. The highest BCUT2D eigenvalue weighted by Gasteiger charge is 2.15. The zero-order valence-electron chi connectivity index (χ0n) is 19.4. The van der Waals surface area contributed by atoms with Crippen molar-refractivity contribution < 1.29 is 23.9 Å². The van der Waals surface area contributed by atoms with Crippen LogP contribution in [0.1, 0.15) is 45.6 Å². The Bertz CT molecular complexity index is 757. The van der Waals surface area contributed by atoms with Crippen molar-refractivity contribution in [2.75, 3.05) is 44.7 Å². The number of hydrogen-bond donors (Lipinski definition) is 3. The van der Waals surface area contributed by atoms with Gasteiger partial charge in [-0.1, -0.05) is 12.1 Å². The van der Waals surface area contributed by atoms with Gasteiger partial charge in [0.05, 0.1) is 13.2 Å². The van der Waals surface area contributed by atoms with Gasteiger partial charge in [0.15, 0.2) is 0 Å². The van der Waals surface area contributed by atoms with Crippen molar-refractivity contribution in [2.45, 2.75) is 52.2 Å². The topological polar surface area (TPSA) is 109 Å². The van der Waals surface area contributed by atoms with Crippen molar-refractivity contribution in [3.8, 4) is 0 Å². The first-order valence-corrected chi connectivity index (χ1v) is 11.1. The van der Waals surface area contributed by atoms with Gasteiger partial charge in [-0.3, -0.25) is 14.5 Å². The maximum atomic E-state index is 12.2. The van der Waals surface area contributed by atoms with Crippen LogP contribution in [0.5, 0.6) is 0 Å². The van der Waals surface area contributed by atoms with Crippen LogP contribution in [0, 0.1) is 0 Å². The number of amides is 3. The molecule has 0 radical (unpaired) electrons. The molecule has 0 spiro atoms. The number of morpholine rings is 1. The summed E-state index contributed by atoms with van der Waals surface area (Å²) in [5.74, 6) is -0.133. The number of carbonyl (C=O) groups excluding carboxylic acids is 3. The predicted molar refractivity (Wildman–Crippen MR) is 122 cm³/mol. The minimum absolute atomic E-state index is 0.0323. The fraction of sp³-hybridized carbons (Fsp3) is 0.609. The zero-order chi connectivity index (χ0) is 23.4. The van der Waals surface area contributed by atoms with Gasteiger partial charge in [0, 0.05) is 51.3 Å². The standard InChI is InChI=1S/C23H36N4O5/c1-23(2,3)32-22(30)24-10-5-8-20(28)25-17-18-6-4-7-19(16-18)26-21(29)9-11-27-12-14-31-15-13-27/h4,6-7,16H,5,8-15,17H2,1-3H3,(H,24,30)(H,25,28)(H,26,29). The van der Waals surface area contributed by atoms with E-state index in [1.807, 2.05) is 24.3 Å². The molecule has 1 fully saturated rings. The fourth-order valence-corrected chi connectivity index (χ4v) is 3.11. The van der Waals surface area contributed by atoms with E-state index in [2.05, 4.69) is 20.9 Å². The summed E-state index contributed by atoms with van der Waals surface area (Å²) < 4.78 is 10.5. The lowest BCUT2D eigenvalue weighted by Crippen LogP contribution is -2.38. The minimum Gasteiger partial charge on any atom is -0.444 e. The van der Waals surface area contributed by atoms with Crippen LogP contribution in [0.25, 0.3) is 0 Å². The number of rotatable bonds is 10. The summed E-state index contributed by atoms with van der Waals surface area (Å²) in [6.45, 7) is 10.0. The summed E-state index contributed by atoms with van der Waals surface area (Å²) in [6, 6.07) is 7.44. The molecular weight excluding hydrogens is 412 g/mol. The molecule has 1 aliphatic heterocycles. The average molecular weight is 449 g/mol. The first-order chi connectivity index (χ1) is 15.2. The van der Waals surface area contributed by atoms with Gasteiger partial charge in [0.2, 0.25) is 11.8 Å². The number of ether oxygens (including phenoxy) is 2. The van der Waals surface area contributed by atoms with Crippen LogP contribution in [0.4, 0.5) is 10.5 Å². The van der Waals surface area contributed by atoms with Crippen LogP contribution in [0.2, 0.25) is 0 Å². The monoisotopic (exact) mass is 448 g/mol. The van der Waals surface area contributed by atoms with Crippen molar-refractivity contribution in [3.63, 3.8) is 0 Å². The molecule has 1 aromatic carbocycles. The van der Waals surface area contributed by atoms with Crippen LogP contribution in [-0.4, -0.2) is 67.8 Å². The Morgan fingerprint density at radius 2 is 1.81 bits per heavy atom. The van der Waals surface area contributed by atoms with E-state index in [0.29, 0.717) is 44.6 Å². The largest absolute Gasteiger partial charge is 0.444 e. The number of hydrogen-bond acceptors (Lipinski definition) is 6. The normalized spacial score (nSPS) is 14.5. The van der Waals surface area contributed by atoms with Crippen molar-refractivity contribution in [1.29, 1.82) is 0 Å². The Kier molecular flexibility index (Phi) is 10.4. The van der Waals surface area contributed by atoms with Gasteiger partial charge < -0.3 is 25.4 Å². The number of alkyl carbamates (subject to hydrolysis) is 1. The number of nitrogens with zero attached hydrogens (tertiary/aromatic N) is 1. The summed E-state index contributed by atoms with van der Waals surface area (Å²) in [7, 11) is 0. The maximum Gasteiger partial charge on any atom is 0.407 e. The van der Waals surface area contributed by atoms with Gasteiger partial charge in [-0.2, -0.15) is 0 Å². The van der Waals surface area contributed by atoms with Crippen LogP contribution in [0.3, 0.4) is 0 Å². The summed E-state index contributed by atoms with van der Waals surface area (Å²) in [4.78, 5) is 38.1. The predicted octanol–water partition coefficient (Wildman–Crippen LogP) is 2.27. The first kappa shape index (κ1) is 25.6. The highest BCUT2D eigenvalue weighted by molar-refractivity contribution is 5.90. The van der Waals surface area contributed by atoms with Crippen molar-refractivity contribution in [1.82, 2.24) is 15.5 Å². The third kappa shape index (κ3) is 11.1. The molecule has 0 aliphatic carbocycles. The van der Waals surface area contributed by atoms with E-state index in [1.165, 1.54) is 0 Å². The van der Waals surface area contributed by atoms with Gasteiger partial charge in [-0.05, 0) is 44.9 Å². The Labute approximate surface area is 190 Å². The molecule has 0 aromatic heterocycles. The number of anilines is 1. The van der Waals surface area contributed by atoms with Gasteiger partial charge in [-0.15, -0.1) is 0 Å². The molecular formula is C23H36N4O5. The van der Waals surface area contributed by atoms with E-state index >= 15 is 0 Å². The second-order valence-corrected chi connectivity index (χ2v) is 8.76. The minimum atomic E-state index is -0.543. The molecule has 0 unspecified atom stereocenters. The smallest absolute Gasteiger partial charge is 0.407 e. The van der Waals surface area contributed by atoms with Gasteiger partial charge in [-0.25, -0.2) is 4.79 Å². The Morgan fingerprint density at radius 1 is 1.06 bits per heavy atom. The lowest BCUT2D eigenvalue weighted by atomic mass is 10.2. The Morgan fingerprint density at radius 3 is 2.53 bits per heavy atom. The van der Waals surface area contributed by atoms with Crippen LogP contribution >= 0.6 is 0 Å². The molecule has 3 amide bonds. The van der Waals surface area contributed by atoms with Crippen molar-refractivity contribution in [3.05, 3.63) is 29.8 Å². The zero-order valence-corrected chi connectivity index (χ0v) is 19.4. The quantitative estimate of drug-likeness (QED) is 0.474. The molecule has 1 aliphatic rings. The molecule has 178 valence electrons. The number of nitrogens with one attached hydrogen (secondary N) is 3. The second kappa shape index (κ2) is 13.0. The first-order valence-electron chi connectivity index (χ1n) is 11.1. The Balaban J connectivity index is 1.63. The van der Waals surface area contributed by atoms with E-state index in [1.54, 1.807) is 20.8 Å². The molecule has 9 nitrogen and oxygen atoms in total. The van der Waals surface area contributed by atoms with Crippen LogP contribution in [-0.2, 0) is 25.6 Å². The third-order valence-electron chi connectivity index (χ3n) is 4.71. The van der Waals surface area contributed by atoms with E-state index in [9.17, 15) is 14.4 Å². The molecule has 0 saturated carbocycles. The summed E-state index contributed by atoms with van der Waals surface area (Å²) in [6.07, 6.45) is 0.762. The second-order valence-electron chi connectivity index (χ2n) is 8.76. The fourth-order valence-electron chi connectivity index (χ4n) is 3.11. The Hall–Kier alpha value is -2.65. The average Bonchev–Trinajstić information content (AvgIpc) is 2.74. The lowest BCUT2D eigenvalue weighted by Gasteiger charge is -2.26. The molecule has 0 bridgehead atoms. The molecule has 32 heavy (non-hydrogen) atoms. The number of benzene rings is 1. The molecule has 1 heterocycles. The molecule has 3 N–H and O–H groups in total. The van der Waals surface area contributed by atoms with Crippen LogP contribution < -0.4 is 16.0 Å². The lowest BCUT2D eigenvalue weighted by molar-refractivity contribution is -0.121. The van der Waals surface area contributed by atoms with E-state index < -0.39 is 11.7 Å². The van der Waals surface area contributed by atoms with Crippen LogP contribution in [0.15, 0.2) is 24.3 Å².